The van der Waals surface area contributed by atoms with E-state index in [9.17, 15) is 4.79 Å². The Morgan fingerprint density at radius 2 is 2.42 bits per heavy atom. The number of fused-ring (bicyclic) bond motifs is 1. The maximum absolute atomic E-state index is 10.6. The van der Waals surface area contributed by atoms with Crippen molar-refractivity contribution in [2.24, 2.45) is 4.99 Å². The van der Waals surface area contributed by atoms with Gasteiger partial charge in [0.05, 0.1) is 0 Å². The van der Waals surface area contributed by atoms with Gasteiger partial charge >= 0.3 is 0 Å². The van der Waals surface area contributed by atoms with Crippen LogP contribution in [0.25, 0.3) is 0 Å². The van der Waals surface area contributed by atoms with Gasteiger partial charge in [0, 0.05) is 6.20 Å². The van der Waals surface area contributed by atoms with E-state index in [1.807, 2.05) is 18.2 Å². The summed E-state index contributed by atoms with van der Waals surface area (Å²) in [6, 6.07) is -0.345. The molecule has 62 valence electrons. The molecule has 3 nitrogen and oxygen atoms in total. The van der Waals surface area contributed by atoms with E-state index in [-0.39, 0.29) is 6.04 Å². The van der Waals surface area contributed by atoms with Crippen LogP contribution in [-0.2, 0) is 4.79 Å². The highest BCUT2D eigenvalue weighted by Gasteiger charge is 2.32. The quantitative estimate of drug-likeness (QED) is 0.343. The third-order valence-corrected chi connectivity index (χ3v) is 2.22. The van der Waals surface area contributed by atoms with Crippen molar-refractivity contribution in [1.29, 1.82) is 0 Å². The average Bonchev–Trinajstić information content (AvgIpc) is 2.40. The van der Waals surface area contributed by atoms with Gasteiger partial charge < -0.3 is 9.69 Å². The molecule has 2 aliphatic heterocycles. The summed E-state index contributed by atoms with van der Waals surface area (Å²) in [5, 5.41) is 0. The minimum atomic E-state index is -0.454. The summed E-state index contributed by atoms with van der Waals surface area (Å²) < 4.78 is 0. The molecule has 0 bridgehead atoms. The molecule has 0 radical (unpaired) electrons. The minimum Gasteiger partial charge on any atom is -0.320 e. The molecule has 0 aliphatic carbocycles. The minimum absolute atomic E-state index is 0.345. The maximum Gasteiger partial charge on any atom is 0.153 e. The van der Waals surface area contributed by atoms with E-state index in [1.165, 1.54) is 0 Å². The number of hydrogen-bond acceptors (Lipinski definition) is 3. The molecule has 0 fully saturated rings. The lowest BCUT2D eigenvalue weighted by molar-refractivity contribution is -0.110. The summed E-state index contributed by atoms with van der Waals surface area (Å²) in [5.74, 6) is 0.759. The molecule has 2 rings (SSSR count). The normalized spacial score (nSPS) is 31.8. The molecular weight excluding hydrogens is 176 g/mol. The SMILES string of the molecule is O=CC1C(Cl)N=C2C=CC=CN21. The van der Waals surface area contributed by atoms with Crippen LogP contribution in [0.15, 0.2) is 29.4 Å². The van der Waals surface area contributed by atoms with Crippen LogP contribution in [0.1, 0.15) is 0 Å². The molecular formula is C8H7ClN2O. The van der Waals surface area contributed by atoms with E-state index < -0.39 is 5.50 Å². The third kappa shape index (κ3) is 0.975. The van der Waals surface area contributed by atoms with Crippen LogP contribution < -0.4 is 0 Å². The molecule has 2 aliphatic rings. The zero-order chi connectivity index (χ0) is 8.55. The Hall–Kier alpha value is -1.09. The molecule has 4 heteroatoms. The molecule has 0 aromatic carbocycles. The number of aldehydes is 1. The predicted octanol–water partition coefficient (Wildman–Crippen LogP) is 0.916. The van der Waals surface area contributed by atoms with Crippen molar-refractivity contribution in [2.45, 2.75) is 11.5 Å². The lowest BCUT2D eigenvalue weighted by atomic mass is 10.2. The van der Waals surface area contributed by atoms with Crippen LogP contribution >= 0.6 is 11.6 Å². The Morgan fingerprint density at radius 1 is 1.58 bits per heavy atom. The van der Waals surface area contributed by atoms with Gasteiger partial charge in [-0.2, -0.15) is 0 Å². The Labute approximate surface area is 75.0 Å². The smallest absolute Gasteiger partial charge is 0.153 e. The average molecular weight is 183 g/mol. The van der Waals surface area contributed by atoms with Gasteiger partial charge in [-0.25, -0.2) is 4.99 Å². The molecule has 2 atom stereocenters. The van der Waals surface area contributed by atoms with Crippen molar-refractivity contribution < 1.29 is 4.79 Å². The number of rotatable bonds is 1. The zero-order valence-corrected chi connectivity index (χ0v) is 6.98. The van der Waals surface area contributed by atoms with E-state index >= 15 is 0 Å². The molecule has 0 aromatic rings. The second-order valence-electron chi connectivity index (χ2n) is 2.59. The van der Waals surface area contributed by atoms with Crippen molar-refractivity contribution in [3.63, 3.8) is 0 Å². The molecule has 0 N–H and O–H groups in total. The fourth-order valence-corrected chi connectivity index (χ4v) is 1.55. The largest absolute Gasteiger partial charge is 0.320 e. The number of aliphatic imine (C=N–C) groups is 1. The van der Waals surface area contributed by atoms with Gasteiger partial charge in [0.25, 0.3) is 0 Å². The molecule has 0 amide bonds. The van der Waals surface area contributed by atoms with Crippen molar-refractivity contribution in [3.05, 3.63) is 24.4 Å². The Bertz CT molecular complexity index is 295. The lowest BCUT2D eigenvalue weighted by Gasteiger charge is -2.20. The maximum atomic E-state index is 10.6. The van der Waals surface area contributed by atoms with Gasteiger partial charge in [-0.05, 0) is 12.2 Å². The monoisotopic (exact) mass is 182 g/mol. The number of alkyl halides is 1. The van der Waals surface area contributed by atoms with E-state index in [1.54, 1.807) is 11.1 Å². The van der Waals surface area contributed by atoms with Crippen LogP contribution in [-0.4, -0.2) is 28.6 Å². The summed E-state index contributed by atoms with van der Waals surface area (Å²) in [6.07, 6.45) is 8.17. The molecule has 0 aromatic heterocycles. The Morgan fingerprint density at radius 3 is 3.17 bits per heavy atom. The topological polar surface area (TPSA) is 32.7 Å². The summed E-state index contributed by atoms with van der Waals surface area (Å²) >= 11 is 5.82. The zero-order valence-electron chi connectivity index (χ0n) is 6.22. The number of amidine groups is 1. The number of nitrogens with zero attached hydrogens (tertiary/aromatic N) is 2. The summed E-state index contributed by atoms with van der Waals surface area (Å²) in [4.78, 5) is 16.5. The predicted molar refractivity (Wildman–Crippen MR) is 47.0 cm³/mol. The van der Waals surface area contributed by atoms with E-state index in [2.05, 4.69) is 4.99 Å². The fourth-order valence-electron chi connectivity index (χ4n) is 1.27. The van der Waals surface area contributed by atoms with Gasteiger partial charge in [-0.15, -0.1) is 0 Å². The number of carbonyl (C=O) groups is 1. The van der Waals surface area contributed by atoms with Crippen molar-refractivity contribution in [2.75, 3.05) is 0 Å². The van der Waals surface area contributed by atoms with E-state index in [0.717, 1.165) is 12.1 Å². The number of allylic oxidation sites excluding steroid dienone is 2. The first-order chi connectivity index (χ1) is 5.83. The van der Waals surface area contributed by atoms with Crippen molar-refractivity contribution >= 4 is 23.7 Å². The Balaban J connectivity index is 2.32. The lowest BCUT2D eigenvalue weighted by Crippen LogP contribution is -2.35. The van der Waals surface area contributed by atoms with Crippen LogP contribution in [0.5, 0.6) is 0 Å². The second-order valence-corrected chi connectivity index (χ2v) is 3.04. The highest BCUT2D eigenvalue weighted by molar-refractivity contribution is 6.24. The molecule has 0 saturated carbocycles. The molecule has 12 heavy (non-hydrogen) atoms. The summed E-state index contributed by atoms with van der Waals surface area (Å²) in [7, 11) is 0. The van der Waals surface area contributed by atoms with Gasteiger partial charge in [0.2, 0.25) is 0 Å². The first kappa shape index (κ1) is 7.55. The number of carbonyl (C=O) groups excluding carboxylic acids is 1. The highest BCUT2D eigenvalue weighted by Crippen LogP contribution is 2.22. The van der Waals surface area contributed by atoms with Crippen LogP contribution in [0.3, 0.4) is 0 Å². The van der Waals surface area contributed by atoms with Gasteiger partial charge in [-0.1, -0.05) is 17.7 Å². The van der Waals surface area contributed by atoms with Gasteiger partial charge in [-0.3, -0.25) is 0 Å². The van der Waals surface area contributed by atoms with Gasteiger partial charge in [0.15, 0.2) is 5.50 Å². The van der Waals surface area contributed by atoms with Crippen LogP contribution in [0, 0.1) is 0 Å². The first-order valence-electron chi connectivity index (χ1n) is 3.63. The van der Waals surface area contributed by atoms with Crippen molar-refractivity contribution in [3.8, 4) is 0 Å². The molecule has 2 heterocycles. The third-order valence-electron chi connectivity index (χ3n) is 1.87. The van der Waals surface area contributed by atoms with E-state index in [4.69, 9.17) is 11.6 Å². The summed E-state index contributed by atoms with van der Waals surface area (Å²) in [5.41, 5.74) is -0.454. The van der Waals surface area contributed by atoms with Crippen molar-refractivity contribution in [1.82, 2.24) is 4.90 Å². The molecule has 0 spiro atoms. The summed E-state index contributed by atoms with van der Waals surface area (Å²) in [6.45, 7) is 0. The van der Waals surface area contributed by atoms with E-state index in [0.29, 0.717) is 0 Å². The number of halogens is 1. The fraction of sp³-hybridized carbons (Fsp3) is 0.250. The van der Waals surface area contributed by atoms with Gasteiger partial charge in [0.1, 0.15) is 18.2 Å². The Kier molecular flexibility index (Phi) is 1.73. The number of hydrogen-bond donors (Lipinski definition) is 0. The molecule has 2 unspecified atom stereocenters. The molecule has 0 saturated heterocycles. The first-order valence-corrected chi connectivity index (χ1v) is 4.07. The van der Waals surface area contributed by atoms with Crippen LogP contribution in [0.4, 0.5) is 0 Å². The van der Waals surface area contributed by atoms with Crippen LogP contribution in [0.2, 0.25) is 0 Å². The standard InChI is InChI=1S/C8H7ClN2O/c9-8-6(5-12)11-4-2-1-3-7(11)10-8/h1-6,8H. The highest BCUT2D eigenvalue weighted by atomic mass is 35.5. The second kappa shape index (κ2) is 2.75.